The molecule has 2 N–H and O–H groups in total. The maximum Gasteiger partial charge on any atom is 0.149 e. The molecular formula is C19H20ClFN4O. The number of pyridine rings is 1. The summed E-state index contributed by atoms with van der Waals surface area (Å²) in [4.78, 5) is 4.22. The highest BCUT2D eigenvalue weighted by Crippen LogP contribution is 2.28. The van der Waals surface area contributed by atoms with Crippen LogP contribution in [0.3, 0.4) is 0 Å². The number of halogens is 2. The second kappa shape index (κ2) is 7.31. The van der Waals surface area contributed by atoms with Gasteiger partial charge < -0.3 is 10.4 Å². The van der Waals surface area contributed by atoms with Crippen LogP contribution in [0, 0.1) is 11.7 Å². The van der Waals surface area contributed by atoms with E-state index in [0.717, 1.165) is 30.3 Å². The smallest absolute Gasteiger partial charge is 0.149 e. The van der Waals surface area contributed by atoms with E-state index in [1.165, 1.54) is 6.07 Å². The lowest BCUT2D eigenvalue weighted by atomic mass is 10.1. The van der Waals surface area contributed by atoms with Gasteiger partial charge in [-0.15, -0.1) is 0 Å². The van der Waals surface area contributed by atoms with Crippen molar-refractivity contribution in [1.82, 2.24) is 20.1 Å². The number of nitrogens with one attached hydrogen (secondary N) is 1. The summed E-state index contributed by atoms with van der Waals surface area (Å²) in [5.41, 5.74) is 1.35. The quantitative estimate of drug-likeness (QED) is 0.720. The number of hydrogen-bond donors (Lipinski definition) is 2. The summed E-state index contributed by atoms with van der Waals surface area (Å²) in [6.45, 7) is 1.33. The lowest BCUT2D eigenvalue weighted by Crippen LogP contribution is -2.35. The first kappa shape index (κ1) is 17.4. The van der Waals surface area contributed by atoms with Crippen molar-refractivity contribution in [3.8, 4) is 0 Å². The van der Waals surface area contributed by atoms with Crippen LogP contribution in [0.2, 0.25) is 5.02 Å². The van der Waals surface area contributed by atoms with Gasteiger partial charge in [0.15, 0.2) is 0 Å². The van der Waals surface area contributed by atoms with Crippen LogP contribution in [0.15, 0.2) is 42.9 Å². The molecule has 136 valence electrons. The van der Waals surface area contributed by atoms with E-state index in [4.69, 9.17) is 11.6 Å². The van der Waals surface area contributed by atoms with Crippen molar-refractivity contribution in [1.29, 1.82) is 0 Å². The minimum absolute atomic E-state index is 0.0224. The molecule has 1 aliphatic carbocycles. The molecular weight excluding hydrogens is 355 g/mol. The zero-order chi connectivity index (χ0) is 18.1. The number of aliphatic hydroxyl groups excluding tert-OH is 1. The molecule has 1 fully saturated rings. The number of para-hydroxylation sites is 1. The highest BCUT2D eigenvalue weighted by molar-refractivity contribution is 6.30. The maximum absolute atomic E-state index is 13.7. The largest absolute Gasteiger partial charge is 0.391 e. The fourth-order valence-corrected chi connectivity index (χ4v) is 3.86. The first-order chi connectivity index (χ1) is 12.6. The molecule has 0 radical (unpaired) electrons. The molecule has 0 spiro atoms. The number of hydrogen-bond acceptors (Lipinski definition) is 4. The lowest BCUT2D eigenvalue weighted by Gasteiger charge is -2.16. The SMILES string of the molecule is O[C@@H]1CC(Cn2cc(Cl)cn2)C[C@H]1NCc1cnc2c(F)cccc2c1. The Labute approximate surface area is 155 Å². The lowest BCUT2D eigenvalue weighted by molar-refractivity contribution is 0.145. The van der Waals surface area contributed by atoms with Gasteiger partial charge in [-0.1, -0.05) is 23.7 Å². The van der Waals surface area contributed by atoms with Gasteiger partial charge in [0.2, 0.25) is 0 Å². The first-order valence-electron chi connectivity index (χ1n) is 8.71. The van der Waals surface area contributed by atoms with Gasteiger partial charge in [0, 0.05) is 36.9 Å². The third kappa shape index (κ3) is 3.72. The Morgan fingerprint density at radius 2 is 2.19 bits per heavy atom. The van der Waals surface area contributed by atoms with Gasteiger partial charge >= 0.3 is 0 Å². The number of aliphatic hydroxyl groups is 1. The van der Waals surface area contributed by atoms with Gasteiger partial charge in [0.1, 0.15) is 11.3 Å². The molecule has 4 rings (SSSR count). The molecule has 3 aromatic rings. The van der Waals surface area contributed by atoms with Crippen LogP contribution in [0.1, 0.15) is 18.4 Å². The summed E-state index contributed by atoms with van der Waals surface area (Å²) in [7, 11) is 0. The maximum atomic E-state index is 13.7. The van der Waals surface area contributed by atoms with Gasteiger partial charge in [0.05, 0.1) is 17.3 Å². The summed E-state index contributed by atoms with van der Waals surface area (Å²) >= 11 is 5.90. The number of aromatic nitrogens is 3. The van der Waals surface area contributed by atoms with Crippen molar-refractivity contribution >= 4 is 22.5 Å². The molecule has 5 nitrogen and oxygen atoms in total. The molecule has 2 heterocycles. The van der Waals surface area contributed by atoms with E-state index in [-0.39, 0.29) is 11.9 Å². The Morgan fingerprint density at radius 1 is 1.31 bits per heavy atom. The molecule has 0 bridgehead atoms. The van der Waals surface area contributed by atoms with Gasteiger partial charge in [-0.3, -0.25) is 9.67 Å². The van der Waals surface area contributed by atoms with Crippen molar-refractivity contribution in [2.45, 2.75) is 38.1 Å². The third-order valence-electron chi connectivity index (χ3n) is 4.96. The Balaban J connectivity index is 1.37. The van der Waals surface area contributed by atoms with Crippen molar-refractivity contribution in [2.24, 2.45) is 5.92 Å². The van der Waals surface area contributed by atoms with E-state index in [2.05, 4.69) is 15.4 Å². The minimum Gasteiger partial charge on any atom is -0.391 e. The Morgan fingerprint density at radius 3 is 3.00 bits per heavy atom. The third-order valence-corrected chi connectivity index (χ3v) is 5.16. The van der Waals surface area contributed by atoms with E-state index in [1.54, 1.807) is 24.7 Å². The summed E-state index contributed by atoms with van der Waals surface area (Å²) in [6, 6.07) is 6.90. The molecule has 0 amide bonds. The van der Waals surface area contributed by atoms with Crippen molar-refractivity contribution in [3.63, 3.8) is 0 Å². The van der Waals surface area contributed by atoms with Crippen molar-refractivity contribution in [3.05, 3.63) is 59.3 Å². The van der Waals surface area contributed by atoms with Crippen molar-refractivity contribution < 1.29 is 9.50 Å². The fraction of sp³-hybridized carbons (Fsp3) is 0.368. The zero-order valence-corrected chi connectivity index (χ0v) is 14.9. The van der Waals surface area contributed by atoms with Crippen LogP contribution >= 0.6 is 11.6 Å². The average molecular weight is 375 g/mol. The second-order valence-electron chi connectivity index (χ2n) is 6.93. The van der Waals surface area contributed by atoms with Crippen LogP contribution in [-0.4, -0.2) is 32.0 Å². The summed E-state index contributed by atoms with van der Waals surface area (Å²) < 4.78 is 15.5. The zero-order valence-electron chi connectivity index (χ0n) is 14.1. The molecule has 2 aromatic heterocycles. The Hall–Kier alpha value is -2.02. The monoisotopic (exact) mass is 374 g/mol. The first-order valence-corrected chi connectivity index (χ1v) is 9.09. The summed E-state index contributed by atoms with van der Waals surface area (Å²) in [5.74, 6) is 0.0390. The topological polar surface area (TPSA) is 63.0 Å². The van der Waals surface area contributed by atoms with E-state index in [9.17, 15) is 9.50 Å². The van der Waals surface area contributed by atoms with Gasteiger partial charge in [-0.25, -0.2) is 4.39 Å². The highest BCUT2D eigenvalue weighted by atomic mass is 35.5. The number of fused-ring (bicyclic) bond motifs is 1. The Bertz CT molecular complexity index is 915. The Kier molecular flexibility index (Phi) is 4.89. The molecule has 26 heavy (non-hydrogen) atoms. The average Bonchev–Trinajstić information content (AvgIpc) is 3.18. The van der Waals surface area contributed by atoms with Crippen molar-refractivity contribution in [2.75, 3.05) is 0 Å². The van der Waals surface area contributed by atoms with E-state index < -0.39 is 6.10 Å². The minimum atomic E-state index is -0.392. The normalized spacial score (nSPS) is 23.0. The van der Waals surface area contributed by atoms with Crippen LogP contribution in [0.25, 0.3) is 10.9 Å². The summed E-state index contributed by atoms with van der Waals surface area (Å²) in [6.07, 6.45) is 6.32. The van der Waals surface area contributed by atoms with Crippen LogP contribution < -0.4 is 5.32 Å². The van der Waals surface area contributed by atoms with Gasteiger partial charge in [-0.05, 0) is 36.5 Å². The molecule has 0 saturated heterocycles. The van der Waals surface area contributed by atoms with Crippen LogP contribution in [0.5, 0.6) is 0 Å². The number of benzene rings is 1. The van der Waals surface area contributed by atoms with Crippen LogP contribution in [-0.2, 0) is 13.1 Å². The molecule has 1 aromatic carbocycles. The van der Waals surface area contributed by atoms with E-state index in [1.807, 2.05) is 16.8 Å². The standard InChI is InChI=1S/C19H20ClFN4O/c20-15-9-24-25(11-15)10-12-5-17(18(26)6-12)22-7-13-4-14-2-1-3-16(21)19(14)23-8-13/h1-4,8-9,11-12,17-18,22,26H,5-7,10H2/t12?,17-,18-/m1/s1. The van der Waals surface area contributed by atoms with Gasteiger partial charge in [-0.2, -0.15) is 5.10 Å². The predicted octanol–water partition coefficient (Wildman–Crippen LogP) is 3.15. The molecule has 0 aliphatic heterocycles. The summed E-state index contributed by atoms with van der Waals surface area (Å²) in [5, 5.41) is 19.4. The van der Waals surface area contributed by atoms with Crippen LogP contribution in [0.4, 0.5) is 4.39 Å². The molecule has 7 heteroatoms. The molecule has 1 saturated carbocycles. The molecule has 1 aliphatic rings. The molecule has 3 atom stereocenters. The fourth-order valence-electron chi connectivity index (χ4n) is 3.70. The number of nitrogens with zero attached hydrogens (tertiary/aromatic N) is 3. The molecule has 1 unspecified atom stereocenters. The number of rotatable bonds is 5. The predicted molar refractivity (Wildman–Crippen MR) is 98.3 cm³/mol. The van der Waals surface area contributed by atoms with Gasteiger partial charge in [0.25, 0.3) is 0 Å². The highest BCUT2D eigenvalue weighted by Gasteiger charge is 2.32. The second-order valence-corrected chi connectivity index (χ2v) is 7.36. The van der Waals surface area contributed by atoms with E-state index >= 15 is 0 Å². The van der Waals surface area contributed by atoms with E-state index in [0.29, 0.717) is 23.0 Å².